The lowest BCUT2D eigenvalue weighted by atomic mass is 10.1. The summed E-state index contributed by atoms with van der Waals surface area (Å²) in [6, 6.07) is 4.35. The highest BCUT2D eigenvalue weighted by Gasteiger charge is 2.09. The number of amides is 1. The van der Waals surface area contributed by atoms with Crippen molar-refractivity contribution in [1.29, 1.82) is 0 Å². The lowest BCUT2D eigenvalue weighted by molar-refractivity contribution is 0.0827. The standard InChI is InChI=1S/C11H12FNO/c1-4-8-5-6-9(7-10(8)12)11(14)13(2)3/h4-7H,1H2,2-3H3. The topological polar surface area (TPSA) is 20.3 Å². The van der Waals surface area contributed by atoms with E-state index in [9.17, 15) is 9.18 Å². The van der Waals surface area contributed by atoms with Crippen LogP contribution < -0.4 is 0 Å². The third-order valence-electron chi connectivity index (χ3n) is 1.87. The highest BCUT2D eigenvalue weighted by molar-refractivity contribution is 5.94. The lowest BCUT2D eigenvalue weighted by Gasteiger charge is -2.10. The number of benzene rings is 1. The Labute approximate surface area is 82.7 Å². The Kier molecular flexibility index (Phi) is 3.02. The van der Waals surface area contributed by atoms with E-state index in [1.807, 2.05) is 0 Å². The second kappa shape index (κ2) is 4.05. The van der Waals surface area contributed by atoms with Gasteiger partial charge in [0.1, 0.15) is 5.82 Å². The Morgan fingerprint density at radius 1 is 1.50 bits per heavy atom. The Morgan fingerprint density at radius 2 is 2.14 bits per heavy atom. The van der Waals surface area contributed by atoms with Crippen molar-refractivity contribution in [3.63, 3.8) is 0 Å². The molecule has 0 heterocycles. The first kappa shape index (κ1) is 10.4. The van der Waals surface area contributed by atoms with Crippen molar-refractivity contribution in [3.05, 3.63) is 41.7 Å². The molecule has 74 valence electrons. The molecule has 2 nitrogen and oxygen atoms in total. The molecule has 0 atom stereocenters. The van der Waals surface area contributed by atoms with E-state index in [0.29, 0.717) is 11.1 Å². The first-order valence-electron chi connectivity index (χ1n) is 4.20. The predicted octanol–water partition coefficient (Wildman–Crippen LogP) is 2.17. The van der Waals surface area contributed by atoms with Gasteiger partial charge < -0.3 is 4.90 Å². The molecule has 0 aliphatic carbocycles. The highest BCUT2D eigenvalue weighted by Crippen LogP contribution is 2.12. The van der Waals surface area contributed by atoms with Crippen LogP contribution in [0.4, 0.5) is 4.39 Å². The summed E-state index contributed by atoms with van der Waals surface area (Å²) in [5.41, 5.74) is 0.749. The van der Waals surface area contributed by atoms with Crippen LogP contribution >= 0.6 is 0 Å². The Bertz CT molecular complexity index is 372. The van der Waals surface area contributed by atoms with Gasteiger partial charge in [0.15, 0.2) is 0 Å². The maximum atomic E-state index is 13.2. The zero-order chi connectivity index (χ0) is 10.7. The molecule has 1 aromatic carbocycles. The van der Waals surface area contributed by atoms with Crippen LogP contribution in [0.1, 0.15) is 15.9 Å². The maximum absolute atomic E-state index is 13.2. The van der Waals surface area contributed by atoms with Crippen LogP contribution in [-0.4, -0.2) is 24.9 Å². The summed E-state index contributed by atoms with van der Waals surface area (Å²) in [7, 11) is 3.25. The van der Waals surface area contributed by atoms with Crippen molar-refractivity contribution < 1.29 is 9.18 Å². The summed E-state index contributed by atoms with van der Waals surface area (Å²) < 4.78 is 13.2. The molecule has 0 saturated carbocycles. The molecule has 14 heavy (non-hydrogen) atoms. The lowest BCUT2D eigenvalue weighted by Crippen LogP contribution is -2.21. The molecular formula is C11H12FNO. The van der Waals surface area contributed by atoms with E-state index in [4.69, 9.17) is 0 Å². The molecule has 0 N–H and O–H groups in total. The average Bonchev–Trinajstić information content (AvgIpc) is 2.16. The summed E-state index contributed by atoms with van der Waals surface area (Å²) in [5.74, 6) is -0.632. The van der Waals surface area contributed by atoms with Gasteiger partial charge in [0.25, 0.3) is 5.91 Å². The fourth-order valence-corrected chi connectivity index (χ4v) is 1.08. The number of halogens is 1. The molecule has 0 aliphatic heterocycles. The maximum Gasteiger partial charge on any atom is 0.253 e. The summed E-state index contributed by atoms with van der Waals surface area (Å²) in [4.78, 5) is 12.8. The molecule has 0 saturated heterocycles. The third-order valence-corrected chi connectivity index (χ3v) is 1.87. The van der Waals surface area contributed by atoms with Gasteiger partial charge in [-0.05, 0) is 12.1 Å². The molecule has 0 aromatic heterocycles. The van der Waals surface area contributed by atoms with Crippen LogP contribution in [-0.2, 0) is 0 Å². The van der Waals surface area contributed by atoms with Crippen molar-refractivity contribution in [2.45, 2.75) is 0 Å². The normalized spacial score (nSPS) is 9.64. The van der Waals surface area contributed by atoms with E-state index in [0.717, 1.165) is 0 Å². The van der Waals surface area contributed by atoms with E-state index in [1.54, 1.807) is 26.2 Å². The minimum atomic E-state index is -0.423. The SMILES string of the molecule is C=Cc1ccc(C(=O)N(C)C)cc1F. The summed E-state index contributed by atoms with van der Waals surface area (Å²) >= 11 is 0. The number of carbonyl (C=O) groups excluding carboxylic acids is 1. The van der Waals surface area contributed by atoms with Crippen molar-refractivity contribution in [3.8, 4) is 0 Å². The van der Waals surface area contributed by atoms with Gasteiger partial charge in [-0.1, -0.05) is 18.7 Å². The van der Waals surface area contributed by atoms with Gasteiger partial charge in [0, 0.05) is 25.2 Å². The van der Waals surface area contributed by atoms with E-state index in [2.05, 4.69) is 6.58 Å². The quantitative estimate of drug-likeness (QED) is 0.704. The van der Waals surface area contributed by atoms with Gasteiger partial charge in [0.2, 0.25) is 0 Å². The van der Waals surface area contributed by atoms with Crippen LogP contribution in [0.15, 0.2) is 24.8 Å². The van der Waals surface area contributed by atoms with E-state index < -0.39 is 5.82 Å². The largest absolute Gasteiger partial charge is 0.345 e. The number of rotatable bonds is 2. The van der Waals surface area contributed by atoms with Crippen molar-refractivity contribution in [2.75, 3.05) is 14.1 Å². The molecule has 1 amide bonds. The fraction of sp³-hybridized carbons (Fsp3) is 0.182. The predicted molar refractivity (Wildman–Crippen MR) is 54.5 cm³/mol. The van der Waals surface area contributed by atoms with Gasteiger partial charge in [-0.25, -0.2) is 4.39 Å². The van der Waals surface area contributed by atoms with Crippen LogP contribution in [0.2, 0.25) is 0 Å². The molecule has 0 aliphatic rings. The Hall–Kier alpha value is -1.64. The molecule has 0 fully saturated rings. The van der Waals surface area contributed by atoms with Gasteiger partial charge in [-0.15, -0.1) is 0 Å². The van der Waals surface area contributed by atoms with Gasteiger partial charge >= 0.3 is 0 Å². The smallest absolute Gasteiger partial charge is 0.253 e. The van der Waals surface area contributed by atoms with Crippen molar-refractivity contribution in [1.82, 2.24) is 4.90 Å². The zero-order valence-corrected chi connectivity index (χ0v) is 8.25. The average molecular weight is 193 g/mol. The molecule has 0 spiro atoms. The molecule has 0 bridgehead atoms. The molecule has 0 unspecified atom stereocenters. The minimum Gasteiger partial charge on any atom is -0.345 e. The summed E-state index contributed by atoms with van der Waals surface area (Å²) in [6.07, 6.45) is 1.42. The van der Waals surface area contributed by atoms with E-state index in [1.165, 1.54) is 17.0 Å². The Morgan fingerprint density at radius 3 is 2.57 bits per heavy atom. The minimum absolute atomic E-state index is 0.209. The number of hydrogen-bond acceptors (Lipinski definition) is 1. The highest BCUT2D eigenvalue weighted by atomic mass is 19.1. The second-order valence-corrected chi connectivity index (χ2v) is 3.14. The second-order valence-electron chi connectivity index (χ2n) is 3.14. The van der Waals surface area contributed by atoms with Crippen molar-refractivity contribution in [2.24, 2.45) is 0 Å². The van der Waals surface area contributed by atoms with Crippen molar-refractivity contribution >= 4 is 12.0 Å². The first-order chi connectivity index (χ1) is 6.56. The van der Waals surface area contributed by atoms with E-state index in [-0.39, 0.29) is 5.91 Å². The van der Waals surface area contributed by atoms with Crippen LogP contribution in [0.3, 0.4) is 0 Å². The molecule has 1 rings (SSSR count). The van der Waals surface area contributed by atoms with Gasteiger partial charge in [0.05, 0.1) is 0 Å². The van der Waals surface area contributed by atoms with Crippen LogP contribution in [0.5, 0.6) is 0 Å². The van der Waals surface area contributed by atoms with Crippen LogP contribution in [0.25, 0.3) is 6.08 Å². The molecule has 0 radical (unpaired) electrons. The first-order valence-corrected chi connectivity index (χ1v) is 4.20. The molecule has 3 heteroatoms. The van der Waals surface area contributed by atoms with Gasteiger partial charge in [-0.2, -0.15) is 0 Å². The third kappa shape index (κ3) is 1.99. The fourth-order valence-electron chi connectivity index (χ4n) is 1.08. The van der Waals surface area contributed by atoms with Gasteiger partial charge in [-0.3, -0.25) is 4.79 Å². The number of carbonyl (C=O) groups is 1. The molecular weight excluding hydrogens is 181 g/mol. The zero-order valence-electron chi connectivity index (χ0n) is 8.25. The number of hydrogen-bond donors (Lipinski definition) is 0. The monoisotopic (exact) mass is 193 g/mol. The Balaban J connectivity index is 3.08. The molecule has 1 aromatic rings. The van der Waals surface area contributed by atoms with E-state index >= 15 is 0 Å². The number of nitrogens with zero attached hydrogens (tertiary/aromatic N) is 1. The van der Waals surface area contributed by atoms with Crippen LogP contribution in [0, 0.1) is 5.82 Å². The summed E-state index contributed by atoms with van der Waals surface area (Å²) in [5, 5.41) is 0. The summed E-state index contributed by atoms with van der Waals surface area (Å²) in [6.45, 7) is 3.47.